The van der Waals surface area contributed by atoms with E-state index < -0.39 is 12.1 Å². The lowest BCUT2D eigenvalue weighted by Gasteiger charge is -2.22. The number of carbonyl (C=O) groups is 2. The van der Waals surface area contributed by atoms with Crippen LogP contribution in [0.1, 0.15) is 431 Å². The first-order chi connectivity index (χ1) is 40.0. The van der Waals surface area contributed by atoms with Crippen LogP contribution in [0.2, 0.25) is 0 Å². The Morgan fingerprint density at radius 3 is 0.877 bits per heavy atom. The summed E-state index contributed by atoms with van der Waals surface area (Å²) in [6, 6.07) is -0.538. The predicted octanol–water partition coefficient (Wildman–Crippen LogP) is 24.3. The minimum Gasteiger partial charge on any atom is -0.466 e. The fraction of sp³-hybridized carbons (Fsp3) is 0.947. The van der Waals surface area contributed by atoms with Gasteiger partial charge in [-0.2, -0.15) is 0 Å². The van der Waals surface area contributed by atoms with Gasteiger partial charge in [-0.05, 0) is 51.4 Å². The number of aliphatic hydroxyl groups excluding tert-OH is 2. The quantitative estimate of drug-likeness (QED) is 0.0320. The third kappa shape index (κ3) is 67.6. The third-order valence-corrected chi connectivity index (χ3v) is 17.8. The van der Waals surface area contributed by atoms with Crippen molar-refractivity contribution in [1.82, 2.24) is 5.32 Å². The Morgan fingerprint density at radius 2 is 0.580 bits per heavy atom. The highest BCUT2D eigenvalue weighted by Crippen LogP contribution is 2.20. The first-order valence-electron chi connectivity index (χ1n) is 37.4. The highest BCUT2D eigenvalue weighted by molar-refractivity contribution is 5.76. The van der Waals surface area contributed by atoms with Gasteiger partial charge in [-0.25, -0.2) is 0 Å². The maximum atomic E-state index is 12.5. The molecule has 0 rings (SSSR count). The Balaban J connectivity index is 3.32. The summed E-state index contributed by atoms with van der Waals surface area (Å²) in [5.41, 5.74) is 0. The predicted molar refractivity (Wildman–Crippen MR) is 357 cm³/mol. The lowest BCUT2D eigenvalue weighted by Crippen LogP contribution is -2.45. The molecular weight excluding hydrogens is 995 g/mol. The molecule has 0 heterocycles. The Kier molecular flexibility index (Phi) is 69.9. The highest BCUT2D eigenvalue weighted by atomic mass is 16.5. The molecule has 0 radical (unpaired) electrons. The Hall–Kier alpha value is -1.40. The van der Waals surface area contributed by atoms with Crippen molar-refractivity contribution in [3.8, 4) is 0 Å². The van der Waals surface area contributed by atoms with Crippen LogP contribution in [0.5, 0.6) is 0 Å². The van der Waals surface area contributed by atoms with Crippen LogP contribution in [0.3, 0.4) is 0 Å². The average molecular weight is 1140 g/mol. The first kappa shape index (κ1) is 79.6. The number of esters is 1. The van der Waals surface area contributed by atoms with Crippen molar-refractivity contribution < 1.29 is 24.5 Å². The number of aliphatic hydroxyl groups is 2. The van der Waals surface area contributed by atoms with Crippen molar-refractivity contribution in [2.24, 2.45) is 0 Å². The van der Waals surface area contributed by atoms with E-state index >= 15 is 0 Å². The van der Waals surface area contributed by atoms with Gasteiger partial charge in [0.05, 0.1) is 25.4 Å². The molecule has 1 amide bonds. The second kappa shape index (κ2) is 71.1. The molecule has 0 spiro atoms. The zero-order chi connectivity index (χ0) is 58.5. The van der Waals surface area contributed by atoms with Crippen LogP contribution in [-0.4, -0.2) is 47.4 Å². The summed E-state index contributed by atoms with van der Waals surface area (Å²) in [6.07, 6.45) is 88.5. The van der Waals surface area contributed by atoms with E-state index in [0.29, 0.717) is 25.9 Å². The Labute approximate surface area is 508 Å². The zero-order valence-corrected chi connectivity index (χ0v) is 55.3. The summed E-state index contributed by atoms with van der Waals surface area (Å²) in [4.78, 5) is 24.6. The monoisotopic (exact) mass is 1140 g/mol. The molecule has 0 aromatic carbocycles. The molecule has 0 aliphatic rings. The van der Waals surface area contributed by atoms with Crippen molar-refractivity contribution in [2.45, 2.75) is 443 Å². The van der Waals surface area contributed by atoms with Gasteiger partial charge in [-0.1, -0.05) is 379 Å². The van der Waals surface area contributed by atoms with E-state index in [9.17, 15) is 19.8 Å². The highest BCUT2D eigenvalue weighted by Gasteiger charge is 2.20. The minimum absolute atomic E-state index is 0.0132. The Morgan fingerprint density at radius 1 is 0.333 bits per heavy atom. The normalized spacial score (nSPS) is 12.5. The first-order valence-corrected chi connectivity index (χ1v) is 37.4. The molecule has 0 aromatic rings. The molecule has 482 valence electrons. The van der Waals surface area contributed by atoms with Crippen molar-refractivity contribution in [2.75, 3.05) is 13.2 Å². The summed E-state index contributed by atoms with van der Waals surface area (Å²) in [6.45, 7) is 4.99. The maximum Gasteiger partial charge on any atom is 0.305 e. The van der Waals surface area contributed by atoms with Gasteiger partial charge in [0.15, 0.2) is 0 Å². The van der Waals surface area contributed by atoms with E-state index in [1.165, 1.54) is 353 Å². The van der Waals surface area contributed by atoms with E-state index in [-0.39, 0.29) is 18.5 Å². The lowest BCUT2D eigenvalue weighted by molar-refractivity contribution is -0.143. The van der Waals surface area contributed by atoms with Crippen molar-refractivity contribution in [1.29, 1.82) is 0 Å². The van der Waals surface area contributed by atoms with Crippen molar-refractivity contribution >= 4 is 11.9 Å². The van der Waals surface area contributed by atoms with E-state index in [0.717, 1.165) is 44.9 Å². The molecule has 6 nitrogen and oxygen atoms in total. The molecule has 0 bridgehead atoms. The van der Waals surface area contributed by atoms with E-state index in [1.807, 2.05) is 0 Å². The van der Waals surface area contributed by atoms with Crippen LogP contribution in [0.4, 0.5) is 0 Å². The number of nitrogens with one attached hydrogen (secondary N) is 1. The molecule has 3 N–H and O–H groups in total. The van der Waals surface area contributed by atoms with Crippen molar-refractivity contribution in [3.63, 3.8) is 0 Å². The largest absolute Gasteiger partial charge is 0.466 e. The molecule has 0 saturated carbocycles. The second-order valence-corrected chi connectivity index (χ2v) is 26.0. The maximum absolute atomic E-state index is 12.5. The smallest absolute Gasteiger partial charge is 0.305 e. The lowest BCUT2D eigenvalue weighted by atomic mass is 10.0. The fourth-order valence-electron chi connectivity index (χ4n) is 12.1. The van der Waals surface area contributed by atoms with Gasteiger partial charge < -0.3 is 20.3 Å². The standard InChI is InChI=1S/C75H147NO5/c1-3-5-7-9-11-13-15-17-19-20-34-37-40-43-47-51-55-59-63-67-73(78)72(71-77)76-74(79)68-64-60-56-52-48-44-41-38-35-32-30-28-26-24-22-21-23-25-27-29-31-33-36-39-42-46-50-54-58-62-66-70-81-75(80)69-65-61-57-53-49-45-18-16-14-12-10-8-6-4-2/h16,18,72-73,77-78H,3-15,17,19-71H2,1-2H3,(H,76,79)/b18-16-. The van der Waals surface area contributed by atoms with Gasteiger partial charge >= 0.3 is 5.97 Å². The summed E-state index contributed by atoms with van der Waals surface area (Å²) < 4.78 is 5.49. The van der Waals surface area contributed by atoms with Crippen LogP contribution in [0.25, 0.3) is 0 Å². The van der Waals surface area contributed by atoms with Crippen molar-refractivity contribution in [3.05, 3.63) is 12.2 Å². The number of hydrogen-bond acceptors (Lipinski definition) is 5. The van der Waals surface area contributed by atoms with Crippen LogP contribution < -0.4 is 5.32 Å². The topological polar surface area (TPSA) is 95.9 Å². The van der Waals surface area contributed by atoms with Gasteiger partial charge in [0.25, 0.3) is 0 Å². The third-order valence-electron chi connectivity index (χ3n) is 17.8. The molecule has 2 atom stereocenters. The average Bonchev–Trinajstić information content (AvgIpc) is 3.47. The number of carbonyl (C=O) groups excluding carboxylic acids is 2. The van der Waals surface area contributed by atoms with E-state index in [2.05, 4.69) is 31.3 Å². The summed E-state index contributed by atoms with van der Waals surface area (Å²) in [7, 11) is 0. The molecule has 0 aromatic heterocycles. The minimum atomic E-state index is -0.661. The molecule has 0 saturated heterocycles. The number of allylic oxidation sites excluding steroid dienone is 2. The molecule has 2 unspecified atom stereocenters. The van der Waals surface area contributed by atoms with Crippen LogP contribution in [0.15, 0.2) is 12.2 Å². The van der Waals surface area contributed by atoms with Crippen LogP contribution >= 0.6 is 0 Å². The van der Waals surface area contributed by atoms with E-state index in [4.69, 9.17) is 4.74 Å². The number of amides is 1. The molecule has 0 aliphatic carbocycles. The van der Waals surface area contributed by atoms with Gasteiger partial charge in [0, 0.05) is 12.8 Å². The Bertz CT molecular complexity index is 1220. The van der Waals surface area contributed by atoms with Gasteiger partial charge in [0.1, 0.15) is 0 Å². The second-order valence-electron chi connectivity index (χ2n) is 26.0. The summed E-state index contributed by atoms with van der Waals surface area (Å²) >= 11 is 0. The van der Waals surface area contributed by atoms with Gasteiger partial charge in [-0.15, -0.1) is 0 Å². The van der Waals surface area contributed by atoms with Crippen LogP contribution in [-0.2, 0) is 14.3 Å². The molecular formula is C75H147NO5. The molecule has 81 heavy (non-hydrogen) atoms. The summed E-state index contributed by atoms with van der Waals surface area (Å²) in [5.74, 6) is -0.0127. The van der Waals surface area contributed by atoms with Gasteiger partial charge in [0.2, 0.25) is 5.91 Å². The molecule has 0 aliphatic heterocycles. The fourth-order valence-corrected chi connectivity index (χ4v) is 12.1. The number of hydrogen-bond donors (Lipinski definition) is 3. The number of unbranched alkanes of at least 4 members (excludes halogenated alkanes) is 58. The molecule has 6 heteroatoms. The SMILES string of the molecule is CCCCCCC/C=C\CCCCCCCC(=O)OCCCCCCCCCCCCCCCCCCCCCCCCCCCCCCCCCC(=O)NC(CO)C(O)CCCCCCCCCCCCCCCCCCCCC. The number of ether oxygens (including phenoxy) is 1. The van der Waals surface area contributed by atoms with Gasteiger partial charge in [-0.3, -0.25) is 9.59 Å². The van der Waals surface area contributed by atoms with Crippen LogP contribution in [0, 0.1) is 0 Å². The summed E-state index contributed by atoms with van der Waals surface area (Å²) in [5, 5.41) is 23.4. The van der Waals surface area contributed by atoms with E-state index in [1.54, 1.807) is 0 Å². The molecule has 0 fully saturated rings. The number of rotatable bonds is 71. The zero-order valence-electron chi connectivity index (χ0n) is 55.3.